The van der Waals surface area contributed by atoms with Gasteiger partial charge in [-0.25, -0.2) is 4.98 Å². The highest BCUT2D eigenvalue weighted by Crippen LogP contribution is 2.35. The van der Waals surface area contributed by atoms with Gasteiger partial charge < -0.3 is 4.90 Å². The Morgan fingerprint density at radius 3 is 2.72 bits per heavy atom. The van der Waals surface area contributed by atoms with E-state index >= 15 is 0 Å². The zero-order valence-electron chi connectivity index (χ0n) is 10.5. The molecular weight excluding hydrogens is 222 g/mol. The van der Waals surface area contributed by atoms with E-state index in [-0.39, 0.29) is 0 Å². The lowest BCUT2D eigenvalue weighted by molar-refractivity contribution is 0.631. The summed E-state index contributed by atoms with van der Waals surface area (Å²) in [7, 11) is 0. The molecule has 1 aliphatic rings. The zero-order valence-corrected chi connectivity index (χ0v) is 10.5. The van der Waals surface area contributed by atoms with Crippen molar-refractivity contribution < 1.29 is 0 Å². The maximum Gasteiger partial charge on any atom is 0.147 e. The maximum atomic E-state index is 4.40. The molecule has 0 bridgehead atoms. The molecular formula is C15H17N3. The van der Waals surface area contributed by atoms with Crippen molar-refractivity contribution in [3.8, 4) is 0 Å². The summed E-state index contributed by atoms with van der Waals surface area (Å²) in [6.07, 6.45) is 6.52. The fraction of sp³-hybridized carbons (Fsp3) is 0.333. The molecule has 3 rings (SSSR count). The van der Waals surface area contributed by atoms with Gasteiger partial charge in [-0.05, 0) is 18.9 Å². The van der Waals surface area contributed by atoms with Crippen LogP contribution in [0.2, 0.25) is 0 Å². The Kier molecular flexibility index (Phi) is 2.97. The summed E-state index contributed by atoms with van der Waals surface area (Å²) in [5, 5.41) is 0. The molecule has 0 amide bonds. The molecule has 0 spiro atoms. The van der Waals surface area contributed by atoms with Gasteiger partial charge in [0, 0.05) is 30.9 Å². The normalized spacial score (nSPS) is 23.3. The van der Waals surface area contributed by atoms with Crippen LogP contribution in [0.1, 0.15) is 24.8 Å². The maximum absolute atomic E-state index is 4.40. The second kappa shape index (κ2) is 4.77. The van der Waals surface area contributed by atoms with E-state index in [0.717, 1.165) is 12.4 Å². The predicted molar refractivity (Wildman–Crippen MR) is 72.6 cm³/mol. The second-order valence-electron chi connectivity index (χ2n) is 4.80. The van der Waals surface area contributed by atoms with Crippen LogP contribution in [0.4, 0.5) is 5.82 Å². The van der Waals surface area contributed by atoms with E-state index < -0.39 is 0 Å². The molecule has 0 aliphatic carbocycles. The molecule has 1 saturated heterocycles. The Hall–Kier alpha value is -1.90. The number of hydrogen-bond acceptors (Lipinski definition) is 3. The average Bonchev–Trinajstić information content (AvgIpc) is 2.83. The van der Waals surface area contributed by atoms with Crippen LogP contribution in [0, 0.1) is 0 Å². The molecule has 0 radical (unpaired) electrons. The van der Waals surface area contributed by atoms with E-state index in [9.17, 15) is 0 Å². The first-order valence-electron chi connectivity index (χ1n) is 6.44. The van der Waals surface area contributed by atoms with Gasteiger partial charge in [0.05, 0.1) is 6.20 Å². The van der Waals surface area contributed by atoms with Gasteiger partial charge in [0.1, 0.15) is 5.82 Å². The molecule has 3 heteroatoms. The Morgan fingerprint density at radius 2 is 2.00 bits per heavy atom. The minimum atomic E-state index is 0.476. The van der Waals surface area contributed by atoms with Gasteiger partial charge in [0.15, 0.2) is 0 Å². The zero-order chi connectivity index (χ0) is 12.4. The Balaban J connectivity index is 1.83. The van der Waals surface area contributed by atoms with Crippen LogP contribution in [0.15, 0.2) is 48.9 Å². The van der Waals surface area contributed by atoms with Gasteiger partial charge in [-0.3, -0.25) is 4.98 Å². The van der Waals surface area contributed by atoms with Crippen LogP contribution in [0.25, 0.3) is 0 Å². The standard InChI is InChI=1S/C15H17N3/c1-12-14(13-5-3-2-4-6-13)7-10-18(12)15-11-16-8-9-17-15/h2-6,8-9,11-12,14H,7,10H2,1H3/t12-,14+/m0/s1. The number of rotatable bonds is 2. The average molecular weight is 239 g/mol. The molecule has 1 aromatic carbocycles. The fourth-order valence-corrected chi connectivity index (χ4v) is 2.85. The highest BCUT2D eigenvalue weighted by molar-refractivity contribution is 5.41. The Morgan fingerprint density at radius 1 is 1.17 bits per heavy atom. The van der Waals surface area contributed by atoms with E-state index in [1.807, 2.05) is 6.20 Å². The molecule has 2 heterocycles. The number of aromatic nitrogens is 2. The van der Waals surface area contributed by atoms with Crippen LogP contribution < -0.4 is 4.90 Å². The summed E-state index contributed by atoms with van der Waals surface area (Å²) < 4.78 is 0. The summed E-state index contributed by atoms with van der Waals surface area (Å²) in [6.45, 7) is 3.33. The van der Waals surface area contributed by atoms with Crippen molar-refractivity contribution in [2.24, 2.45) is 0 Å². The van der Waals surface area contributed by atoms with E-state index in [4.69, 9.17) is 0 Å². The van der Waals surface area contributed by atoms with Crippen molar-refractivity contribution in [2.75, 3.05) is 11.4 Å². The third-order valence-electron chi connectivity index (χ3n) is 3.83. The first-order valence-corrected chi connectivity index (χ1v) is 6.44. The smallest absolute Gasteiger partial charge is 0.147 e. The van der Waals surface area contributed by atoms with Crippen molar-refractivity contribution in [1.82, 2.24) is 9.97 Å². The molecule has 0 saturated carbocycles. The molecule has 1 aliphatic heterocycles. The summed E-state index contributed by atoms with van der Waals surface area (Å²) in [6, 6.07) is 11.2. The highest BCUT2D eigenvalue weighted by atomic mass is 15.2. The van der Waals surface area contributed by atoms with Crippen LogP contribution >= 0.6 is 0 Å². The molecule has 2 aromatic rings. The number of benzene rings is 1. The van der Waals surface area contributed by atoms with E-state index in [1.54, 1.807) is 12.4 Å². The van der Waals surface area contributed by atoms with Gasteiger partial charge in [0.25, 0.3) is 0 Å². The van der Waals surface area contributed by atoms with Crippen molar-refractivity contribution in [3.05, 3.63) is 54.5 Å². The van der Waals surface area contributed by atoms with E-state index in [2.05, 4.69) is 52.1 Å². The first kappa shape index (κ1) is 11.2. The number of anilines is 1. The molecule has 18 heavy (non-hydrogen) atoms. The van der Waals surface area contributed by atoms with Crippen LogP contribution in [-0.2, 0) is 0 Å². The molecule has 0 N–H and O–H groups in total. The molecule has 0 unspecified atom stereocenters. The van der Waals surface area contributed by atoms with Crippen LogP contribution in [0.5, 0.6) is 0 Å². The van der Waals surface area contributed by atoms with Gasteiger partial charge in [-0.15, -0.1) is 0 Å². The van der Waals surface area contributed by atoms with Crippen molar-refractivity contribution in [3.63, 3.8) is 0 Å². The summed E-state index contributed by atoms with van der Waals surface area (Å²) >= 11 is 0. The molecule has 2 atom stereocenters. The lowest BCUT2D eigenvalue weighted by Gasteiger charge is -2.25. The lowest BCUT2D eigenvalue weighted by atomic mass is 9.93. The van der Waals surface area contributed by atoms with E-state index in [1.165, 1.54) is 12.0 Å². The minimum Gasteiger partial charge on any atom is -0.352 e. The second-order valence-corrected chi connectivity index (χ2v) is 4.80. The summed E-state index contributed by atoms with van der Waals surface area (Å²) in [5.41, 5.74) is 1.43. The topological polar surface area (TPSA) is 29.0 Å². The van der Waals surface area contributed by atoms with Gasteiger partial charge in [-0.2, -0.15) is 0 Å². The molecule has 1 fully saturated rings. The third-order valence-corrected chi connectivity index (χ3v) is 3.83. The summed E-state index contributed by atoms with van der Waals surface area (Å²) in [4.78, 5) is 10.9. The quantitative estimate of drug-likeness (QED) is 0.807. The Bertz CT molecular complexity index is 450. The predicted octanol–water partition coefficient (Wildman–Crippen LogP) is 2.86. The monoisotopic (exact) mass is 239 g/mol. The fourth-order valence-electron chi connectivity index (χ4n) is 2.85. The van der Waals surface area contributed by atoms with Crippen LogP contribution in [-0.4, -0.2) is 22.6 Å². The highest BCUT2D eigenvalue weighted by Gasteiger charge is 2.32. The Labute approximate surface area is 108 Å². The lowest BCUT2D eigenvalue weighted by Crippen LogP contribution is -2.29. The molecule has 92 valence electrons. The van der Waals surface area contributed by atoms with Crippen LogP contribution in [0.3, 0.4) is 0 Å². The minimum absolute atomic E-state index is 0.476. The number of nitrogens with zero attached hydrogens (tertiary/aromatic N) is 3. The van der Waals surface area contributed by atoms with Crippen molar-refractivity contribution in [2.45, 2.75) is 25.3 Å². The van der Waals surface area contributed by atoms with Gasteiger partial charge in [-0.1, -0.05) is 30.3 Å². The summed E-state index contributed by atoms with van der Waals surface area (Å²) in [5.74, 6) is 1.58. The third kappa shape index (κ3) is 1.96. The molecule has 3 nitrogen and oxygen atoms in total. The van der Waals surface area contributed by atoms with Crippen molar-refractivity contribution >= 4 is 5.82 Å². The molecule has 1 aromatic heterocycles. The van der Waals surface area contributed by atoms with Gasteiger partial charge in [0.2, 0.25) is 0 Å². The largest absolute Gasteiger partial charge is 0.352 e. The SMILES string of the molecule is C[C@H]1[C@H](c2ccccc2)CCN1c1cnccn1. The van der Waals surface area contributed by atoms with E-state index in [0.29, 0.717) is 12.0 Å². The first-order chi connectivity index (χ1) is 8.86. The van der Waals surface area contributed by atoms with Gasteiger partial charge >= 0.3 is 0 Å². The number of hydrogen-bond donors (Lipinski definition) is 0. The van der Waals surface area contributed by atoms with Crippen molar-refractivity contribution in [1.29, 1.82) is 0 Å².